The summed E-state index contributed by atoms with van der Waals surface area (Å²) in [4.78, 5) is 14.3. The molecule has 1 unspecified atom stereocenters. The number of hydrogen-bond donors (Lipinski definition) is 2. The molecule has 1 heterocycles. The van der Waals surface area contributed by atoms with Crippen molar-refractivity contribution < 1.29 is 9.90 Å². The van der Waals surface area contributed by atoms with Crippen LogP contribution in [0.15, 0.2) is 24.4 Å². The summed E-state index contributed by atoms with van der Waals surface area (Å²) >= 11 is 0. The van der Waals surface area contributed by atoms with Crippen LogP contribution in [0.25, 0.3) is 10.9 Å². The van der Waals surface area contributed by atoms with Gasteiger partial charge in [0.2, 0.25) is 0 Å². The molecule has 2 N–H and O–H groups in total. The Morgan fingerprint density at radius 2 is 2.28 bits per heavy atom. The molecule has 0 spiro atoms. The van der Waals surface area contributed by atoms with Crippen molar-refractivity contribution in [3.63, 3.8) is 0 Å². The fraction of sp³-hybridized carbons (Fsp3) is 0.400. The smallest absolute Gasteiger partial charge is 0.306 e. The summed E-state index contributed by atoms with van der Waals surface area (Å²) < 4.78 is 0. The van der Waals surface area contributed by atoms with Crippen molar-refractivity contribution >= 4 is 16.9 Å². The highest BCUT2D eigenvalue weighted by molar-refractivity contribution is 5.87. The van der Waals surface area contributed by atoms with E-state index in [4.69, 9.17) is 5.11 Å². The number of aromatic nitrogens is 1. The van der Waals surface area contributed by atoms with E-state index < -0.39 is 5.97 Å². The summed E-state index contributed by atoms with van der Waals surface area (Å²) in [6.07, 6.45) is 5.11. The van der Waals surface area contributed by atoms with Gasteiger partial charge in [0.05, 0.1) is 5.92 Å². The Hall–Kier alpha value is -1.77. The molecule has 0 bridgehead atoms. The molecule has 94 valence electrons. The lowest BCUT2D eigenvalue weighted by molar-refractivity contribution is -0.141. The van der Waals surface area contributed by atoms with E-state index in [9.17, 15) is 4.79 Å². The van der Waals surface area contributed by atoms with E-state index in [0.29, 0.717) is 12.3 Å². The summed E-state index contributed by atoms with van der Waals surface area (Å²) in [5, 5.41) is 10.2. The van der Waals surface area contributed by atoms with Crippen LogP contribution < -0.4 is 0 Å². The maximum atomic E-state index is 10.9. The molecule has 0 radical (unpaired) electrons. The molecule has 18 heavy (non-hydrogen) atoms. The highest BCUT2D eigenvalue weighted by atomic mass is 16.4. The van der Waals surface area contributed by atoms with Crippen LogP contribution in [0.1, 0.15) is 36.8 Å². The van der Waals surface area contributed by atoms with Gasteiger partial charge in [0.25, 0.3) is 0 Å². The molecule has 3 nitrogen and oxygen atoms in total. The minimum absolute atomic E-state index is 0.339. The van der Waals surface area contributed by atoms with Crippen molar-refractivity contribution in [1.29, 1.82) is 0 Å². The molecule has 2 aromatic rings. The molecule has 3 heteroatoms. The Kier molecular flexibility index (Phi) is 2.62. The lowest BCUT2D eigenvalue weighted by Gasteiger charge is -2.05. The molecule has 0 aliphatic heterocycles. The SMILES string of the molecule is CC(Cc1c[nH]c2c(C3CC3)cccc12)C(=O)O. The average molecular weight is 243 g/mol. The van der Waals surface area contributed by atoms with E-state index in [-0.39, 0.29) is 5.92 Å². The third-order valence-corrected chi connectivity index (χ3v) is 3.80. The molecular weight excluding hydrogens is 226 g/mol. The Morgan fingerprint density at radius 1 is 1.50 bits per heavy atom. The van der Waals surface area contributed by atoms with Gasteiger partial charge >= 0.3 is 5.97 Å². The normalized spacial score (nSPS) is 16.9. The second kappa shape index (κ2) is 4.16. The largest absolute Gasteiger partial charge is 0.481 e. The summed E-state index contributed by atoms with van der Waals surface area (Å²) in [5.41, 5.74) is 3.71. The number of aromatic amines is 1. The van der Waals surface area contributed by atoms with E-state index in [0.717, 1.165) is 5.56 Å². The number of nitrogens with one attached hydrogen (secondary N) is 1. The van der Waals surface area contributed by atoms with Crippen molar-refractivity contribution in [1.82, 2.24) is 4.98 Å². The molecule has 1 aromatic carbocycles. The first-order valence-electron chi connectivity index (χ1n) is 6.48. The Bertz CT molecular complexity index is 596. The van der Waals surface area contributed by atoms with Crippen LogP contribution in [-0.2, 0) is 11.2 Å². The van der Waals surface area contributed by atoms with Crippen LogP contribution in [0, 0.1) is 5.92 Å². The highest BCUT2D eigenvalue weighted by Gasteiger charge is 2.26. The van der Waals surface area contributed by atoms with Gasteiger partial charge in [0.15, 0.2) is 0 Å². The molecule has 1 aromatic heterocycles. The second-order valence-electron chi connectivity index (χ2n) is 5.30. The van der Waals surface area contributed by atoms with Crippen LogP contribution in [-0.4, -0.2) is 16.1 Å². The van der Waals surface area contributed by atoms with Gasteiger partial charge in [-0.1, -0.05) is 25.1 Å². The number of hydrogen-bond acceptors (Lipinski definition) is 1. The van der Waals surface area contributed by atoms with Gasteiger partial charge in [-0.2, -0.15) is 0 Å². The quantitative estimate of drug-likeness (QED) is 0.865. The maximum absolute atomic E-state index is 10.9. The predicted molar refractivity (Wildman–Crippen MR) is 70.8 cm³/mol. The number of H-pyrrole nitrogens is 1. The monoisotopic (exact) mass is 243 g/mol. The number of fused-ring (bicyclic) bond motifs is 1. The minimum Gasteiger partial charge on any atom is -0.481 e. The van der Waals surface area contributed by atoms with Crippen LogP contribution in [0.5, 0.6) is 0 Å². The van der Waals surface area contributed by atoms with Crippen LogP contribution in [0.2, 0.25) is 0 Å². The van der Waals surface area contributed by atoms with Gasteiger partial charge in [-0.3, -0.25) is 4.79 Å². The van der Waals surface area contributed by atoms with E-state index in [1.54, 1.807) is 6.92 Å². The first-order valence-corrected chi connectivity index (χ1v) is 6.48. The predicted octanol–water partition coefficient (Wildman–Crippen LogP) is 3.31. The van der Waals surface area contributed by atoms with Gasteiger partial charge in [-0.25, -0.2) is 0 Å². The number of carboxylic acids is 1. The fourth-order valence-corrected chi connectivity index (χ4v) is 2.56. The molecular formula is C15H17NO2. The average Bonchev–Trinajstić information content (AvgIpc) is 3.12. The molecule has 0 saturated heterocycles. The third kappa shape index (κ3) is 1.90. The van der Waals surface area contributed by atoms with Gasteiger partial charge < -0.3 is 10.1 Å². The zero-order valence-corrected chi connectivity index (χ0v) is 10.4. The number of para-hydroxylation sites is 1. The standard InChI is InChI=1S/C15H17NO2/c1-9(15(17)18)7-11-8-16-14-12(10-5-6-10)3-2-4-13(11)14/h2-4,8-10,16H,5-7H2,1H3,(H,17,18). The first-order chi connectivity index (χ1) is 8.66. The topological polar surface area (TPSA) is 53.1 Å². The van der Waals surface area contributed by atoms with E-state index in [1.165, 1.54) is 29.3 Å². The fourth-order valence-electron chi connectivity index (χ4n) is 2.56. The van der Waals surface area contributed by atoms with Crippen molar-refractivity contribution in [2.24, 2.45) is 5.92 Å². The molecule has 1 aliphatic rings. The Labute approximate surface area is 106 Å². The van der Waals surface area contributed by atoms with Crippen molar-refractivity contribution in [2.75, 3.05) is 0 Å². The number of rotatable bonds is 4. The number of benzene rings is 1. The van der Waals surface area contributed by atoms with E-state index >= 15 is 0 Å². The Balaban J connectivity index is 1.99. The van der Waals surface area contributed by atoms with E-state index in [1.807, 2.05) is 6.20 Å². The molecule has 3 rings (SSSR count). The lowest BCUT2D eigenvalue weighted by atomic mass is 9.99. The second-order valence-corrected chi connectivity index (χ2v) is 5.30. The molecule has 1 saturated carbocycles. The maximum Gasteiger partial charge on any atom is 0.306 e. The summed E-state index contributed by atoms with van der Waals surface area (Å²) in [6.45, 7) is 1.76. The molecule has 1 atom stereocenters. The van der Waals surface area contributed by atoms with Gasteiger partial charge in [-0.05, 0) is 36.3 Å². The minimum atomic E-state index is -0.734. The van der Waals surface area contributed by atoms with Gasteiger partial charge in [-0.15, -0.1) is 0 Å². The van der Waals surface area contributed by atoms with Crippen molar-refractivity contribution in [3.05, 3.63) is 35.5 Å². The van der Waals surface area contributed by atoms with Crippen molar-refractivity contribution in [3.8, 4) is 0 Å². The highest BCUT2D eigenvalue weighted by Crippen LogP contribution is 2.43. The van der Waals surface area contributed by atoms with Gasteiger partial charge in [0, 0.05) is 17.1 Å². The summed E-state index contributed by atoms with van der Waals surface area (Å²) in [7, 11) is 0. The Morgan fingerprint density at radius 3 is 2.94 bits per heavy atom. The summed E-state index contributed by atoms with van der Waals surface area (Å²) in [6, 6.07) is 6.35. The molecule has 1 aliphatic carbocycles. The lowest BCUT2D eigenvalue weighted by Crippen LogP contribution is -2.11. The molecule has 1 fully saturated rings. The first kappa shape index (κ1) is 11.3. The van der Waals surface area contributed by atoms with Crippen molar-refractivity contribution in [2.45, 2.75) is 32.1 Å². The zero-order valence-electron chi connectivity index (χ0n) is 10.4. The number of carbonyl (C=O) groups is 1. The van der Waals surface area contributed by atoms with Crippen LogP contribution in [0.4, 0.5) is 0 Å². The third-order valence-electron chi connectivity index (χ3n) is 3.80. The molecule has 0 amide bonds. The number of carboxylic acid groups (broad SMARTS) is 1. The zero-order chi connectivity index (χ0) is 12.7. The van der Waals surface area contributed by atoms with E-state index in [2.05, 4.69) is 23.2 Å². The summed E-state index contributed by atoms with van der Waals surface area (Å²) in [5.74, 6) is -0.367. The number of aliphatic carboxylic acids is 1. The van der Waals surface area contributed by atoms with Crippen LogP contribution >= 0.6 is 0 Å². The van der Waals surface area contributed by atoms with Gasteiger partial charge in [0.1, 0.15) is 0 Å². The van der Waals surface area contributed by atoms with Crippen LogP contribution in [0.3, 0.4) is 0 Å².